The highest BCUT2D eigenvalue weighted by molar-refractivity contribution is 7.99. The Morgan fingerprint density at radius 1 is 1.41 bits per heavy atom. The Balaban J connectivity index is 2.29. The molecule has 2 rings (SSSR count). The fourth-order valence-electron chi connectivity index (χ4n) is 1.40. The summed E-state index contributed by atoms with van der Waals surface area (Å²) in [5, 5.41) is 1.46. The third-order valence-corrected chi connectivity index (χ3v) is 3.37. The largest absolute Gasteiger partial charge is 0.436 e. The lowest BCUT2D eigenvalue weighted by Crippen LogP contribution is -2.07. The fourth-order valence-corrected chi connectivity index (χ4v) is 2.40. The molecule has 0 amide bonds. The Kier molecular flexibility index (Phi) is 3.49. The van der Waals surface area contributed by atoms with Gasteiger partial charge in [-0.2, -0.15) is 0 Å². The molecule has 0 aliphatic rings. The van der Waals surface area contributed by atoms with Crippen molar-refractivity contribution in [1.82, 2.24) is 9.97 Å². The zero-order valence-corrected chi connectivity index (χ0v) is 10.9. The lowest BCUT2D eigenvalue weighted by atomic mass is 10.2. The summed E-state index contributed by atoms with van der Waals surface area (Å²) in [6, 6.07) is 3.81. The molecule has 0 aromatic carbocycles. The molecule has 90 valence electrons. The molecule has 2 aromatic rings. The Hall–Kier alpha value is -1.33. The van der Waals surface area contributed by atoms with Crippen molar-refractivity contribution in [3.8, 4) is 0 Å². The van der Waals surface area contributed by atoms with Crippen LogP contribution >= 0.6 is 11.8 Å². The van der Waals surface area contributed by atoms with Crippen LogP contribution in [0.4, 0.5) is 0 Å². The van der Waals surface area contributed by atoms with E-state index in [0.717, 1.165) is 22.0 Å². The van der Waals surface area contributed by atoms with E-state index in [9.17, 15) is 0 Å². The topological polar surface area (TPSA) is 64.9 Å². The molecule has 0 fully saturated rings. The average Bonchev–Trinajstić information content (AvgIpc) is 2.58. The van der Waals surface area contributed by atoms with Crippen molar-refractivity contribution in [3.63, 3.8) is 0 Å². The molecule has 4 nitrogen and oxygen atoms in total. The maximum Gasteiger partial charge on any atom is 0.262 e. The maximum atomic E-state index is 5.90. The normalized spacial score (nSPS) is 12.7. The van der Waals surface area contributed by atoms with E-state index in [0.29, 0.717) is 5.22 Å². The van der Waals surface area contributed by atoms with Gasteiger partial charge in [0.05, 0.1) is 5.69 Å². The van der Waals surface area contributed by atoms with Crippen molar-refractivity contribution >= 4 is 11.8 Å². The van der Waals surface area contributed by atoms with Crippen LogP contribution in [0, 0.1) is 13.8 Å². The van der Waals surface area contributed by atoms with E-state index in [1.54, 1.807) is 6.20 Å². The zero-order chi connectivity index (χ0) is 12.4. The first-order valence-electron chi connectivity index (χ1n) is 5.40. The summed E-state index contributed by atoms with van der Waals surface area (Å²) in [5.41, 5.74) is 7.81. The number of pyridine rings is 1. The van der Waals surface area contributed by atoms with Gasteiger partial charge in [-0.05, 0) is 38.6 Å². The Labute approximate surface area is 105 Å². The lowest BCUT2D eigenvalue weighted by molar-refractivity contribution is 0.430. The van der Waals surface area contributed by atoms with Gasteiger partial charge in [0.25, 0.3) is 5.22 Å². The standard InChI is InChI=1S/C12H15N3OS/c1-7(13)10-5-4-6-14-11(10)17-12-15-8(2)9(3)16-12/h4-7H,13H2,1-3H3/t7-/m1/s1. The van der Waals surface area contributed by atoms with Crippen molar-refractivity contribution in [3.05, 3.63) is 35.3 Å². The Morgan fingerprint density at radius 2 is 2.18 bits per heavy atom. The van der Waals surface area contributed by atoms with Crippen molar-refractivity contribution < 1.29 is 4.42 Å². The number of aryl methyl sites for hydroxylation is 2. The molecule has 1 atom stereocenters. The van der Waals surface area contributed by atoms with Gasteiger partial charge in [0, 0.05) is 17.8 Å². The van der Waals surface area contributed by atoms with Crippen LogP contribution in [0.25, 0.3) is 0 Å². The molecule has 0 aliphatic carbocycles. The van der Waals surface area contributed by atoms with Crippen LogP contribution in [-0.2, 0) is 0 Å². The second-order valence-corrected chi connectivity index (χ2v) is 4.85. The van der Waals surface area contributed by atoms with E-state index in [2.05, 4.69) is 9.97 Å². The van der Waals surface area contributed by atoms with E-state index in [1.807, 2.05) is 32.9 Å². The highest BCUT2D eigenvalue weighted by atomic mass is 32.2. The molecule has 0 saturated carbocycles. The third-order valence-electron chi connectivity index (χ3n) is 2.48. The van der Waals surface area contributed by atoms with E-state index in [1.165, 1.54) is 11.8 Å². The van der Waals surface area contributed by atoms with Gasteiger partial charge in [-0.25, -0.2) is 9.97 Å². The minimum Gasteiger partial charge on any atom is -0.436 e. The van der Waals surface area contributed by atoms with Crippen LogP contribution in [0.2, 0.25) is 0 Å². The number of hydrogen-bond donors (Lipinski definition) is 1. The first kappa shape index (κ1) is 12.1. The van der Waals surface area contributed by atoms with Crippen molar-refractivity contribution in [2.45, 2.75) is 37.1 Å². The van der Waals surface area contributed by atoms with Gasteiger partial charge in [-0.3, -0.25) is 0 Å². The molecule has 5 heteroatoms. The van der Waals surface area contributed by atoms with Crippen molar-refractivity contribution in [2.24, 2.45) is 5.73 Å². The van der Waals surface area contributed by atoms with Crippen LogP contribution in [0.3, 0.4) is 0 Å². The van der Waals surface area contributed by atoms with Gasteiger partial charge in [0.15, 0.2) is 0 Å². The van der Waals surface area contributed by atoms with E-state index < -0.39 is 0 Å². The number of nitrogens with two attached hydrogens (primary N) is 1. The number of rotatable bonds is 3. The van der Waals surface area contributed by atoms with Crippen LogP contribution in [0.1, 0.15) is 30.0 Å². The summed E-state index contributed by atoms with van der Waals surface area (Å²) in [6.07, 6.45) is 1.75. The average molecular weight is 249 g/mol. The second kappa shape index (κ2) is 4.89. The minimum atomic E-state index is -0.0524. The predicted octanol–water partition coefficient (Wildman–Crippen LogP) is 2.86. The van der Waals surface area contributed by atoms with Gasteiger partial charge in [0.1, 0.15) is 10.8 Å². The van der Waals surface area contributed by atoms with Gasteiger partial charge in [-0.15, -0.1) is 0 Å². The molecule has 17 heavy (non-hydrogen) atoms. The highest BCUT2D eigenvalue weighted by Gasteiger charge is 2.13. The zero-order valence-electron chi connectivity index (χ0n) is 10.1. The molecule has 2 heterocycles. The van der Waals surface area contributed by atoms with Gasteiger partial charge < -0.3 is 10.2 Å². The van der Waals surface area contributed by atoms with Crippen LogP contribution in [-0.4, -0.2) is 9.97 Å². The fraction of sp³-hybridized carbons (Fsp3) is 0.333. The van der Waals surface area contributed by atoms with Gasteiger partial charge >= 0.3 is 0 Å². The molecule has 2 N–H and O–H groups in total. The second-order valence-electron chi connectivity index (χ2n) is 3.91. The molecule has 0 bridgehead atoms. The summed E-state index contributed by atoms with van der Waals surface area (Å²) in [4.78, 5) is 8.64. The van der Waals surface area contributed by atoms with Crippen LogP contribution in [0.5, 0.6) is 0 Å². The number of oxazole rings is 1. The quantitative estimate of drug-likeness (QED) is 0.906. The first-order chi connectivity index (χ1) is 8.08. The molecule has 0 radical (unpaired) electrons. The van der Waals surface area contributed by atoms with Crippen molar-refractivity contribution in [2.75, 3.05) is 0 Å². The minimum absolute atomic E-state index is 0.0524. The number of hydrogen-bond acceptors (Lipinski definition) is 5. The summed E-state index contributed by atoms with van der Waals surface area (Å²) in [5.74, 6) is 0.839. The van der Waals surface area contributed by atoms with E-state index in [4.69, 9.17) is 10.2 Å². The summed E-state index contributed by atoms with van der Waals surface area (Å²) >= 11 is 1.41. The Morgan fingerprint density at radius 3 is 2.76 bits per heavy atom. The predicted molar refractivity (Wildman–Crippen MR) is 66.9 cm³/mol. The molecule has 2 aromatic heterocycles. The smallest absolute Gasteiger partial charge is 0.262 e. The number of aromatic nitrogens is 2. The van der Waals surface area contributed by atoms with E-state index in [-0.39, 0.29) is 6.04 Å². The summed E-state index contributed by atoms with van der Waals surface area (Å²) in [7, 11) is 0. The monoisotopic (exact) mass is 249 g/mol. The summed E-state index contributed by atoms with van der Waals surface area (Å²) in [6.45, 7) is 5.76. The van der Waals surface area contributed by atoms with Crippen LogP contribution < -0.4 is 5.73 Å². The molecule has 0 saturated heterocycles. The SMILES string of the molecule is Cc1nc(Sc2ncccc2[C@@H](C)N)oc1C. The Bertz CT molecular complexity index is 503. The van der Waals surface area contributed by atoms with Gasteiger partial charge in [0.2, 0.25) is 0 Å². The first-order valence-corrected chi connectivity index (χ1v) is 6.22. The van der Waals surface area contributed by atoms with Crippen LogP contribution in [0.15, 0.2) is 33.0 Å². The van der Waals surface area contributed by atoms with Gasteiger partial charge in [-0.1, -0.05) is 6.07 Å². The molecule has 0 unspecified atom stereocenters. The molecular weight excluding hydrogens is 234 g/mol. The third kappa shape index (κ3) is 2.68. The molecular formula is C12H15N3OS. The summed E-state index contributed by atoms with van der Waals surface area (Å²) < 4.78 is 5.52. The van der Waals surface area contributed by atoms with E-state index >= 15 is 0 Å². The lowest BCUT2D eigenvalue weighted by Gasteiger charge is -2.08. The highest BCUT2D eigenvalue weighted by Crippen LogP contribution is 2.31. The molecule has 0 aliphatic heterocycles. The molecule has 0 spiro atoms. The van der Waals surface area contributed by atoms with Crippen molar-refractivity contribution in [1.29, 1.82) is 0 Å². The number of nitrogens with zero attached hydrogens (tertiary/aromatic N) is 2. The maximum absolute atomic E-state index is 5.90.